The number of hydrogen-bond acceptors (Lipinski definition) is 6. The molecule has 1 aliphatic rings. The van der Waals surface area contributed by atoms with Crippen LogP contribution in [0, 0.1) is 5.82 Å². The third-order valence-electron chi connectivity index (χ3n) is 5.46. The van der Waals surface area contributed by atoms with Crippen molar-refractivity contribution in [2.45, 2.75) is 11.3 Å². The van der Waals surface area contributed by atoms with Crippen molar-refractivity contribution in [1.29, 1.82) is 0 Å². The molecule has 0 saturated carbocycles. The Morgan fingerprint density at radius 1 is 1.08 bits per heavy atom. The van der Waals surface area contributed by atoms with Gasteiger partial charge in [-0.2, -0.15) is 0 Å². The van der Waals surface area contributed by atoms with Gasteiger partial charge in [-0.25, -0.2) is 25.9 Å². The number of carbonyl (C=O) groups is 1. The molecule has 0 saturated heterocycles. The molecule has 36 heavy (non-hydrogen) atoms. The van der Waals surface area contributed by atoms with Crippen LogP contribution in [0.25, 0.3) is 11.1 Å². The number of nitrogens with zero attached hydrogens (tertiary/aromatic N) is 1. The molecule has 2 heterocycles. The van der Waals surface area contributed by atoms with E-state index in [4.69, 9.17) is 11.6 Å². The summed E-state index contributed by atoms with van der Waals surface area (Å²) in [7, 11) is -6.33. The molecule has 13 heteroatoms. The maximum Gasteiger partial charge on any atom is 0.275 e. The van der Waals surface area contributed by atoms with Gasteiger partial charge in [-0.05, 0) is 55.4 Å². The van der Waals surface area contributed by atoms with Crippen molar-refractivity contribution in [3.05, 3.63) is 81.4 Å². The van der Waals surface area contributed by atoms with Gasteiger partial charge in [0.1, 0.15) is 11.5 Å². The fraction of sp³-hybridized carbons (Fsp3) is 0.174. The van der Waals surface area contributed by atoms with Gasteiger partial charge in [0.05, 0.1) is 20.7 Å². The lowest BCUT2D eigenvalue weighted by Crippen LogP contribution is -2.34. The van der Waals surface area contributed by atoms with Gasteiger partial charge in [-0.3, -0.25) is 9.52 Å². The van der Waals surface area contributed by atoms with Crippen LogP contribution in [-0.2, 0) is 31.3 Å². The molecule has 0 aliphatic carbocycles. The molecule has 3 aromatic rings. The maximum absolute atomic E-state index is 15.1. The lowest BCUT2D eigenvalue weighted by molar-refractivity contribution is -0.114. The lowest BCUT2D eigenvalue weighted by Gasteiger charge is -2.19. The Balaban J connectivity index is 1.50. The highest BCUT2D eigenvalue weighted by Gasteiger charge is 2.30. The summed E-state index contributed by atoms with van der Waals surface area (Å²) in [5, 5.41) is 0. The minimum Gasteiger partial charge on any atom is -0.300 e. The number of halogens is 2. The minimum atomic E-state index is -3.83. The van der Waals surface area contributed by atoms with Crippen LogP contribution < -0.4 is 14.3 Å². The maximum atomic E-state index is 15.1. The van der Waals surface area contributed by atoms with Gasteiger partial charge in [0.15, 0.2) is 0 Å². The molecule has 0 spiro atoms. The highest BCUT2D eigenvalue weighted by atomic mass is 35.5. The molecule has 1 aliphatic heterocycles. The molecule has 0 bridgehead atoms. The first-order valence-electron chi connectivity index (χ1n) is 10.6. The van der Waals surface area contributed by atoms with E-state index in [1.165, 1.54) is 42.7 Å². The van der Waals surface area contributed by atoms with E-state index >= 15 is 4.39 Å². The first-order chi connectivity index (χ1) is 17.0. The quantitative estimate of drug-likeness (QED) is 0.409. The van der Waals surface area contributed by atoms with Crippen LogP contribution in [0.4, 0.5) is 10.1 Å². The second kappa shape index (κ2) is 10.3. The van der Waals surface area contributed by atoms with Crippen molar-refractivity contribution in [3.8, 4) is 11.1 Å². The number of anilines is 1. The van der Waals surface area contributed by atoms with E-state index in [9.17, 15) is 21.6 Å². The number of sulfonamides is 2. The number of aryl methyl sites for hydroxylation is 1. The Labute approximate surface area is 217 Å². The molecule has 2 aromatic carbocycles. The zero-order valence-electron chi connectivity index (χ0n) is 18.9. The molecule has 8 nitrogen and oxygen atoms in total. The summed E-state index contributed by atoms with van der Waals surface area (Å²) >= 11 is 7.15. The van der Waals surface area contributed by atoms with Gasteiger partial charge in [-0.1, -0.05) is 35.9 Å². The van der Waals surface area contributed by atoms with Crippen LogP contribution in [0.2, 0.25) is 4.34 Å². The molecule has 4 rings (SSSR count). The Kier molecular flexibility index (Phi) is 7.53. The zero-order chi connectivity index (χ0) is 26.1. The fourth-order valence-corrected chi connectivity index (χ4v) is 6.94. The first kappa shape index (κ1) is 26.3. The topological polar surface area (TPSA) is 113 Å². The lowest BCUT2D eigenvalue weighted by atomic mass is 10.0. The molecule has 0 atom stereocenters. The summed E-state index contributed by atoms with van der Waals surface area (Å²) in [6.45, 7) is -0.0296. The number of rotatable bonds is 9. The SMILES string of the molecule is CNS(=O)(=O)c1ccccc1-c1ccc(N2CC=C(NS(=O)(=O)CCc3ccc(Cl)s3)C2=O)c(F)c1. The van der Waals surface area contributed by atoms with E-state index in [2.05, 4.69) is 9.44 Å². The van der Waals surface area contributed by atoms with Crippen molar-refractivity contribution >= 4 is 54.6 Å². The van der Waals surface area contributed by atoms with Crippen LogP contribution in [0.15, 0.2) is 71.3 Å². The van der Waals surface area contributed by atoms with Crippen LogP contribution >= 0.6 is 22.9 Å². The van der Waals surface area contributed by atoms with Crippen molar-refractivity contribution < 1.29 is 26.0 Å². The predicted molar refractivity (Wildman–Crippen MR) is 138 cm³/mol. The highest BCUT2D eigenvalue weighted by Crippen LogP contribution is 2.32. The number of benzene rings is 2. The second-order valence-electron chi connectivity index (χ2n) is 7.78. The average molecular weight is 570 g/mol. The summed E-state index contributed by atoms with van der Waals surface area (Å²) < 4.78 is 69.9. The first-order valence-corrected chi connectivity index (χ1v) is 14.9. The molecule has 1 amide bonds. The minimum absolute atomic E-state index is 0.0138. The van der Waals surface area contributed by atoms with Crippen molar-refractivity contribution in [2.24, 2.45) is 0 Å². The largest absolute Gasteiger partial charge is 0.300 e. The number of amides is 1. The average Bonchev–Trinajstić information content (AvgIpc) is 3.42. The number of nitrogens with one attached hydrogen (secondary N) is 2. The zero-order valence-corrected chi connectivity index (χ0v) is 22.1. The third kappa shape index (κ3) is 5.62. The normalized spacial score (nSPS) is 14.2. The van der Waals surface area contributed by atoms with Crippen LogP contribution in [0.3, 0.4) is 0 Å². The third-order valence-corrected chi connectivity index (χ3v) is 9.50. The summed E-state index contributed by atoms with van der Waals surface area (Å²) in [4.78, 5) is 14.7. The predicted octanol–water partition coefficient (Wildman–Crippen LogP) is 3.51. The van der Waals surface area contributed by atoms with E-state index < -0.39 is 31.8 Å². The summed E-state index contributed by atoms with van der Waals surface area (Å²) in [6, 6.07) is 13.6. The van der Waals surface area contributed by atoms with Gasteiger partial charge < -0.3 is 4.90 Å². The van der Waals surface area contributed by atoms with Crippen LogP contribution in [0.1, 0.15) is 4.88 Å². The Hall–Kier alpha value is -2.77. The van der Waals surface area contributed by atoms with Gasteiger partial charge in [0, 0.05) is 17.0 Å². The standard InChI is InChI=1S/C23H21ClFN3O5S3/c1-26-36(32,33)21-5-3-2-4-17(21)15-6-8-20(18(25)14-15)28-12-10-19(23(28)29)27-35(30,31)13-11-16-7-9-22(24)34-16/h2-10,14,26-27H,11-13H2,1H3. The van der Waals surface area contributed by atoms with E-state index in [0.717, 1.165) is 15.8 Å². The molecule has 1 aromatic heterocycles. The summed E-state index contributed by atoms with van der Waals surface area (Å²) in [5.41, 5.74) is 0.382. The second-order valence-corrected chi connectivity index (χ2v) is 13.3. The molecule has 2 N–H and O–H groups in total. The molecule has 0 radical (unpaired) electrons. The Morgan fingerprint density at radius 3 is 2.50 bits per heavy atom. The van der Waals surface area contributed by atoms with E-state index in [1.54, 1.807) is 30.3 Å². The number of thiophene rings is 1. The van der Waals surface area contributed by atoms with E-state index in [-0.39, 0.29) is 35.0 Å². The van der Waals surface area contributed by atoms with Crippen molar-refractivity contribution in [3.63, 3.8) is 0 Å². The summed E-state index contributed by atoms with van der Waals surface area (Å²) in [6.07, 6.45) is 1.61. The Morgan fingerprint density at radius 2 is 1.83 bits per heavy atom. The molecule has 0 fully saturated rings. The Bertz CT molecular complexity index is 1570. The molecule has 190 valence electrons. The smallest absolute Gasteiger partial charge is 0.275 e. The number of hydrogen-bond donors (Lipinski definition) is 2. The van der Waals surface area contributed by atoms with Crippen LogP contribution in [-0.4, -0.2) is 42.1 Å². The monoisotopic (exact) mass is 569 g/mol. The number of carbonyl (C=O) groups excluding carboxylic acids is 1. The summed E-state index contributed by atoms with van der Waals surface area (Å²) in [5.74, 6) is -1.70. The van der Waals surface area contributed by atoms with Crippen LogP contribution in [0.5, 0.6) is 0 Å². The van der Waals surface area contributed by atoms with Gasteiger partial charge in [-0.15, -0.1) is 11.3 Å². The van der Waals surface area contributed by atoms with E-state index in [1.807, 2.05) is 0 Å². The molecule has 0 unspecified atom stereocenters. The van der Waals surface area contributed by atoms with E-state index in [0.29, 0.717) is 15.5 Å². The van der Waals surface area contributed by atoms with Gasteiger partial charge in [0.2, 0.25) is 20.0 Å². The van der Waals surface area contributed by atoms with Crippen molar-refractivity contribution in [2.75, 3.05) is 24.2 Å². The fourth-order valence-electron chi connectivity index (χ4n) is 3.67. The van der Waals surface area contributed by atoms with Crippen molar-refractivity contribution in [1.82, 2.24) is 9.44 Å². The molecular formula is C23H21ClFN3O5S3. The van der Waals surface area contributed by atoms with Gasteiger partial charge in [0.25, 0.3) is 5.91 Å². The molecular weight excluding hydrogens is 549 g/mol. The highest BCUT2D eigenvalue weighted by molar-refractivity contribution is 7.89. The van der Waals surface area contributed by atoms with Gasteiger partial charge >= 0.3 is 0 Å².